The van der Waals surface area contributed by atoms with Crippen molar-refractivity contribution < 1.29 is 4.79 Å². The van der Waals surface area contributed by atoms with Crippen molar-refractivity contribution in [1.82, 2.24) is 15.5 Å². The van der Waals surface area contributed by atoms with Crippen LogP contribution in [0.25, 0.3) is 0 Å². The van der Waals surface area contributed by atoms with Crippen molar-refractivity contribution in [1.29, 1.82) is 0 Å². The van der Waals surface area contributed by atoms with Gasteiger partial charge in [0.2, 0.25) is 5.91 Å². The molecule has 1 atom stereocenters. The molecular weight excluding hydrogens is 324 g/mol. The summed E-state index contributed by atoms with van der Waals surface area (Å²) in [5.41, 5.74) is 0.376. The Labute approximate surface area is 159 Å². The molecule has 0 aromatic rings. The Balaban J connectivity index is 1.50. The Hall–Kier alpha value is -1.26. The highest BCUT2D eigenvalue weighted by molar-refractivity contribution is 5.81. The Morgan fingerprint density at radius 1 is 1.12 bits per heavy atom. The van der Waals surface area contributed by atoms with E-state index in [1.54, 1.807) is 0 Å². The first kappa shape index (κ1) is 19.5. The molecule has 1 aliphatic heterocycles. The third-order valence-electron chi connectivity index (χ3n) is 6.57. The van der Waals surface area contributed by atoms with Gasteiger partial charge in [-0.1, -0.05) is 39.0 Å². The molecule has 2 aliphatic carbocycles. The van der Waals surface area contributed by atoms with E-state index in [0.717, 1.165) is 51.4 Å². The van der Waals surface area contributed by atoms with Crippen LogP contribution in [0, 0.1) is 11.3 Å². The first-order valence-electron chi connectivity index (χ1n) is 10.9. The molecule has 0 radical (unpaired) electrons. The molecule has 2 saturated carbocycles. The Kier molecular flexibility index (Phi) is 6.82. The highest BCUT2D eigenvalue weighted by Gasteiger charge is 2.32. The van der Waals surface area contributed by atoms with E-state index in [4.69, 9.17) is 4.99 Å². The van der Waals surface area contributed by atoms with Crippen LogP contribution in [0.4, 0.5) is 0 Å². The van der Waals surface area contributed by atoms with Crippen LogP contribution in [-0.4, -0.2) is 49.0 Å². The highest BCUT2D eigenvalue weighted by Crippen LogP contribution is 2.37. The number of carbonyl (C=O) groups excluding carboxylic acids is 1. The summed E-state index contributed by atoms with van der Waals surface area (Å²) in [7, 11) is 0. The fourth-order valence-corrected chi connectivity index (χ4v) is 4.86. The summed E-state index contributed by atoms with van der Waals surface area (Å²) in [6, 6.07) is 0.330. The van der Waals surface area contributed by atoms with Gasteiger partial charge < -0.3 is 15.5 Å². The third kappa shape index (κ3) is 5.14. The second-order valence-electron chi connectivity index (χ2n) is 8.96. The van der Waals surface area contributed by atoms with Crippen LogP contribution in [0.15, 0.2) is 4.99 Å². The van der Waals surface area contributed by atoms with Crippen LogP contribution >= 0.6 is 0 Å². The number of nitrogens with zero attached hydrogens (tertiary/aromatic N) is 2. The van der Waals surface area contributed by atoms with Gasteiger partial charge in [-0.2, -0.15) is 0 Å². The lowest BCUT2D eigenvalue weighted by atomic mass is 9.88. The summed E-state index contributed by atoms with van der Waals surface area (Å²) in [4.78, 5) is 19.7. The lowest BCUT2D eigenvalue weighted by molar-refractivity contribution is -0.135. The minimum absolute atomic E-state index is 0.284. The van der Waals surface area contributed by atoms with Gasteiger partial charge in [0.05, 0.1) is 0 Å². The predicted octanol–water partition coefficient (Wildman–Crippen LogP) is 3.30. The monoisotopic (exact) mass is 362 g/mol. The van der Waals surface area contributed by atoms with E-state index in [9.17, 15) is 4.79 Å². The first-order valence-corrected chi connectivity index (χ1v) is 10.9. The van der Waals surface area contributed by atoms with Crippen molar-refractivity contribution in [2.75, 3.05) is 26.2 Å². The molecule has 2 N–H and O–H groups in total. The van der Waals surface area contributed by atoms with E-state index in [0.29, 0.717) is 17.4 Å². The summed E-state index contributed by atoms with van der Waals surface area (Å²) in [6.45, 7) is 7.98. The molecule has 3 aliphatic rings. The second-order valence-corrected chi connectivity index (χ2v) is 8.96. The molecule has 3 fully saturated rings. The minimum Gasteiger partial charge on any atom is -0.357 e. The average Bonchev–Trinajstić information content (AvgIpc) is 3.30. The molecule has 148 valence electrons. The molecule has 5 nitrogen and oxygen atoms in total. The maximum Gasteiger partial charge on any atom is 0.225 e. The molecule has 5 heteroatoms. The molecule has 1 unspecified atom stereocenters. The Morgan fingerprint density at radius 3 is 2.54 bits per heavy atom. The van der Waals surface area contributed by atoms with Gasteiger partial charge >= 0.3 is 0 Å². The van der Waals surface area contributed by atoms with E-state index in [1.807, 2.05) is 0 Å². The van der Waals surface area contributed by atoms with E-state index in [2.05, 4.69) is 29.4 Å². The summed E-state index contributed by atoms with van der Waals surface area (Å²) < 4.78 is 0. The smallest absolute Gasteiger partial charge is 0.225 e. The Morgan fingerprint density at radius 2 is 1.85 bits per heavy atom. The average molecular weight is 363 g/mol. The standard InChI is InChI=1S/C21H38N4O/c1-3-22-20(23-16-21(2)12-7-8-13-21)24-18-11-14-25(15-18)19(26)17-9-5-4-6-10-17/h17-18H,3-16H2,1-2H3,(H2,22,23,24). The fraction of sp³-hybridized carbons (Fsp3) is 0.905. The minimum atomic E-state index is 0.284. The van der Waals surface area contributed by atoms with Crippen molar-refractivity contribution in [3.05, 3.63) is 0 Å². The van der Waals surface area contributed by atoms with Gasteiger partial charge in [-0.05, 0) is 44.4 Å². The third-order valence-corrected chi connectivity index (χ3v) is 6.57. The summed E-state index contributed by atoms with van der Waals surface area (Å²) in [6.07, 6.45) is 12.2. The molecule has 1 saturated heterocycles. The summed E-state index contributed by atoms with van der Waals surface area (Å²) >= 11 is 0. The molecule has 3 rings (SSSR count). The zero-order chi connectivity index (χ0) is 18.4. The number of hydrogen-bond acceptors (Lipinski definition) is 2. The van der Waals surface area contributed by atoms with Crippen LogP contribution in [0.2, 0.25) is 0 Å². The zero-order valence-corrected chi connectivity index (χ0v) is 16.9. The number of hydrogen-bond donors (Lipinski definition) is 2. The molecule has 0 aromatic carbocycles. The van der Waals surface area contributed by atoms with Gasteiger partial charge in [-0.25, -0.2) is 0 Å². The largest absolute Gasteiger partial charge is 0.357 e. The van der Waals surface area contributed by atoms with Gasteiger partial charge in [0.1, 0.15) is 0 Å². The normalized spacial score (nSPS) is 26.9. The van der Waals surface area contributed by atoms with Crippen molar-refractivity contribution in [2.24, 2.45) is 16.3 Å². The van der Waals surface area contributed by atoms with Crippen LogP contribution in [0.1, 0.15) is 78.1 Å². The van der Waals surface area contributed by atoms with Crippen LogP contribution in [0.3, 0.4) is 0 Å². The quantitative estimate of drug-likeness (QED) is 0.583. The number of rotatable bonds is 5. The van der Waals surface area contributed by atoms with Gasteiger partial charge in [0, 0.05) is 38.1 Å². The van der Waals surface area contributed by atoms with E-state index in [1.165, 1.54) is 44.9 Å². The molecule has 26 heavy (non-hydrogen) atoms. The molecule has 1 heterocycles. The second kappa shape index (κ2) is 9.09. The molecule has 0 bridgehead atoms. The van der Waals surface area contributed by atoms with Crippen LogP contribution < -0.4 is 10.6 Å². The maximum absolute atomic E-state index is 12.8. The van der Waals surface area contributed by atoms with Gasteiger partial charge in [0.25, 0.3) is 0 Å². The molecule has 1 amide bonds. The van der Waals surface area contributed by atoms with E-state index in [-0.39, 0.29) is 5.92 Å². The van der Waals surface area contributed by atoms with E-state index < -0.39 is 0 Å². The van der Waals surface area contributed by atoms with Gasteiger partial charge in [-0.3, -0.25) is 9.79 Å². The number of aliphatic imine (C=N–C) groups is 1. The lowest BCUT2D eigenvalue weighted by Gasteiger charge is -2.26. The maximum atomic E-state index is 12.8. The number of carbonyl (C=O) groups is 1. The van der Waals surface area contributed by atoms with Gasteiger partial charge in [0.15, 0.2) is 5.96 Å². The predicted molar refractivity (Wildman–Crippen MR) is 107 cm³/mol. The number of likely N-dealkylation sites (tertiary alicyclic amines) is 1. The van der Waals surface area contributed by atoms with E-state index >= 15 is 0 Å². The summed E-state index contributed by atoms with van der Waals surface area (Å²) in [5, 5.41) is 6.98. The topological polar surface area (TPSA) is 56.7 Å². The number of amides is 1. The molecule has 0 aromatic heterocycles. The SMILES string of the molecule is CCNC(=NCC1(C)CCCC1)NC1CCN(C(=O)C2CCCCC2)C1. The van der Waals surface area contributed by atoms with Crippen molar-refractivity contribution in [3.63, 3.8) is 0 Å². The van der Waals surface area contributed by atoms with Crippen molar-refractivity contribution in [3.8, 4) is 0 Å². The lowest BCUT2D eigenvalue weighted by Crippen LogP contribution is -2.46. The van der Waals surface area contributed by atoms with Crippen LogP contribution in [-0.2, 0) is 4.79 Å². The molecular formula is C21H38N4O. The Bertz CT molecular complexity index is 492. The highest BCUT2D eigenvalue weighted by atomic mass is 16.2. The first-order chi connectivity index (χ1) is 12.6. The number of nitrogens with one attached hydrogen (secondary N) is 2. The fourth-order valence-electron chi connectivity index (χ4n) is 4.86. The van der Waals surface area contributed by atoms with Crippen molar-refractivity contribution >= 4 is 11.9 Å². The zero-order valence-electron chi connectivity index (χ0n) is 16.9. The van der Waals surface area contributed by atoms with Crippen LogP contribution in [0.5, 0.6) is 0 Å². The number of guanidine groups is 1. The summed E-state index contributed by atoms with van der Waals surface area (Å²) in [5.74, 6) is 1.61. The van der Waals surface area contributed by atoms with Gasteiger partial charge in [-0.15, -0.1) is 0 Å². The molecule has 0 spiro atoms. The van der Waals surface area contributed by atoms with Crippen molar-refractivity contribution in [2.45, 2.75) is 84.1 Å².